The van der Waals surface area contributed by atoms with Gasteiger partial charge in [0.05, 0.1) is 17.6 Å². The van der Waals surface area contributed by atoms with Crippen molar-refractivity contribution in [3.05, 3.63) is 35.9 Å². The van der Waals surface area contributed by atoms with Crippen LogP contribution in [0.2, 0.25) is 0 Å². The summed E-state index contributed by atoms with van der Waals surface area (Å²) >= 11 is 0. The van der Waals surface area contributed by atoms with Crippen molar-refractivity contribution in [2.45, 2.75) is 43.3 Å². The fraction of sp³-hybridized carbons (Fsp3) is 0.562. The molecule has 20 heavy (non-hydrogen) atoms. The molecule has 0 aromatic heterocycles. The van der Waals surface area contributed by atoms with Gasteiger partial charge in [-0.3, -0.25) is 4.79 Å². The number of rotatable bonds is 2. The monoisotopic (exact) mass is 275 g/mol. The van der Waals surface area contributed by atoms with Crippen molar-refractivity contribution in [1.82, 2.24) is 4.90 Å². The van der Waals surface area contributed by atoms with Crippen molar-refractivity contribution in [3.8, 4) is 0 Å². The fourth-order valence-electron chi connectivity index (χ4n) is 3.60. The number of aliphatic hydroxyl groups is 2. The van der Waals surface area contributed by atoms with Gasteiger partial charge in [-0.2, -0.15) is 0 Å². The Hall–Kier alpha value is -1.39. The lowest BCUT2D eigenvalue weighted by molar-refractivity contribution is -0.136. The fourth-order valence-corrected chi connectivity index (χ4v) is 3.60. The number of benzene rings is 1. The van der Waals surface area contributed by atoms with E-state index in [2.05, 4.69) is 0 Å². The van der Waals surface area contributed by atoms with Crippen molar-refractivity contribution < 1.29 is 15.0 Å². The standard InChI is InChI=1S/C16H21NO3/c18-13-10-17(11-14(13)19)15(20)16(8-4-5-9-16)12-6-2-1-3-7-12/h1-3,6-7,13-14,18-19H,4-5,8-11H2. The number of hydrogen-bond donors (Lipinski definition) is 2. The topological polar surface area (TPSA) is 60.8 Å². The maximum atomic E-state index is 13.0. The number of nitrogens with zero attached hydrogens (tertiary/aromatic N) is 1. The zero-order valence-electron chi connectivity index (χ0n) is 11.5. The lowest BCUT2D eigenvalue weighted by Crippen LogP contribution is -2.45. The molecule has 1 saturated heterocycles. The summed E-state index contributed by atoms with van der Waals surface area (Å²) < 4.78 is 0. The third kappa shape index (κ3) is 2.13. The minimum absolute atomic E-state index is 0.0665. The first kappa shape index (κ1) is 13.6. The molecule has 1 aromatic rings. The number of β-amino-alcohol motifs (C(OH)–C–C–N with tert-alkyl or cyclic N) is 2. The van der Waals surface area contributed by atoms with Crippen LogP contribution in [-0.2, 0) is 10.2 Å². The highest BCUT2D eigenvalue weighted by molar-refractivity contribution is 5.89. The molecule has 1 aromatic carbocycles. The molecule has 1 aliphatic heterocycles. The maximum absolute atomic E-state index is 13.0. The zero-order valence-corrected chi connectivity index (χ0v) is 11.5. The van der Waals surface area contributed by atoms with Crippen molar-refractivity contribution in [1.29, 1.82) is 0 Å². The van der Waals surface area contributed by atoms with E-state index in [0.29, 0.717) is 0 Å². The van der Waals surface area contributed by atoms with Crippen molar-refractivity contribution in [2.75, 3.05) is 13.1 Å². The van der Waals surface area contributed by atoms with Gasteiger partial charge in [-0.15, -0.1) is 0 Å². The molecule has 2 atom stereocenters. The summed E-state index contributed by atoms with van der Waals surface area (Å²) in [6.07, 6.45) is 2.21. The quantitative estimate of drug-likeness (QED) is 0.848. The van der Waals surface area contributed by atoms with Crippen LogP contribution >= 0.6 is 0 Å². The van der Waals surface area contributed by atoms with Crippen molar-refractivity contribution in [2.24, 2.45) is 0 Å². The van der Waals surface area contributed by atoms with E-state index in [4.69, 9.17) is 0 Å². The average Bonchev–Trinajstić information content (AvgIpc) is 3.08. The number of likely N-dealkylation sites (tertiary alicyclic amines) is 1. The Morgan fingerprint density at radius 1 is 1.05 bits per heavy atom. The van der Waals surface area contributed by atoms with E-state index in [1.165, 1.54) is 0 Å². The largest absolute Gasteiger partial charge is 0.388 e. The van der Waals surface area contributed by atoms with E-state index in [1.807, 2.05) is 30.3 Å². The van der Waals surface area contributed by atoms with Gasteiger partial charge in [0, 0.05) is 13.1 Å². The molecule has 4 nitrogen and oxygen atoms in total. The lowest BCUT2D eigenvalue weighted by atomic mass is 9.77. The molecular weight excluding hydrogens is 254 g/mol. The second-order valence-electron chi connectivity index (χ2n) is 6.00. The predicted molar refractivity (Wildman–Crippen MR) is 75.2 cm³/mol. The molecular formula is C16H21NO3. The molecule has 2 fully saturated rings. The van der Waals surface area contributed by atoms with E-state index in [1.54, 1.807) is 4.90 Å². The SMILES string of the molecule is O=C(N1CC(O)C(O)C1)C1(c2ccccc2)CCCC1. The molecule has 0 bridgehead atoms. The number of hydrogen-bond acceptors (Lipinski definition) is 3. The summed E-state index contributed by atoms with van der Waals surface area (Å²) in [6, 6.07) is 9.94. The molecule has 4 heteroatoms. The zero-order chi connectivity index (χ0) is 14.2. The first-order valence-corrected chi connectivity index (χ1v) is 7.34. The molecule has 1 aliphatic carbocycles. The number of aliphatic hydroxyl groups excluding tert-OH is 2. The Kier molecular flexibility index (Phi) is 3.52. The number of carbonyl (C=O) groups excluding carboxylic acids is 1. The van der Waals surface area contributed by atoms with Crippen LogP contribution in [0, 0.1) is 0 Å². The number of carbonyl (C=O) groups is 1. The smallest absolute Gasteiger partial charge is 0.233 e. The Bertz CT molecular complexity index is 472. The van der Waals surface area contributed by atoms with Crippen LogP contribution in [-0.4, -0.2) is 46.3 Å². The summed E-state index contributed by atoms with van der Waals surface area (Å²) in [7, 11) is 0. The summed E-state index contributed by atoms with van der Waals surface area (Å²) in [5, 5.41) is 19.3. The minimum atomic E-state index is -0.812. The minimum Gasteiger partial charge on any atom is -0.388 e. The summed E-state index contributed by atoms with van der Waals surface area (Å²) in [6.45, 7) is 0.489. The Labute approximate surface area is 119 Å². The number of amides is 1. The van der Waals surface area contributed by atoms with Gasteiger partial charge < -0.3 is 15.1 Å². The van der Waals surface area contributed by atoms with Crippen LogP contribution in [0.1, 0.15) is 31.2 Å². The highest BCUT2D eigenvalue weighted by Gasteiger charge is 2.47. The third-order valence-electron chi connectivity index (χ3n) is 4.74. The summed E-state index contributed by atoms with van der Waals surface area (Å²) in [5.41, 5.74) is 0.615. The Morgan fingerprint density at radius 2 is 1.60 bits per heavy atom. The van der Waals surface area contributed by atoms with Crippen LogP contribution in [0.15, 0.2) is 30.3 Å². The van der Waals surface area contributed by atoms with E-state index < -0.39 is 17.6 Å². The van der Waals surface area contributed by atoms with Gasteiger partial charge in [-0.25, -0.2) is 0 Å². The van der Waals surface area contributed by atoms with Crippen LogP contribution in [0.5, 0.6) is 0 Å². The van der Waals surface area contributed by atoms with E-state index in [9.17, 15) is 15.0 Å². The Morgan fingerprint density at radius 3 is 2.15 bits per heavy atom. The van der Waals surface area contributed by atoms with Gasteiger partial charge in [0.2, 0.25) is 5.91 Å². The average molecular weight is 275 g/mol. The maximum Gasteiger partial charge on any atom is 0.233 e. The van der Waals surface area contributed by atoms with Crippen molar-refractivity contribution in [3.63, 3.8) is 0 Å². The molecule has 1 saturated carbocycles. The van der Waals surface area contributed by atoms with Gasteiger partial charge in [0.25, 0.3) is 0 Å². The van der Waals surface area contributed by atoms with Gasteiger partial charge >= 0.3 is 0 Å². The molecule has 0 radical (unpaired) electrons. The van der Waals surface area contributed by atoms with Crippen LogP contribution in [0.25, 0.3) is 0 Å². The molecule has 1 heterocycles. The molecule has 0 spiro atoms. The summed E-state index contributed by atoms with van der Waals surface area (Å²) in [5.74, 6) is 0.0665. The Balaban J connectivity index is 1.90. The normalized spacial score (nSPS) is 28.8. The highest BCUT2D eigenvalue weighted by atomic mass is 16.3. The van der Waals surface area contributed by atoms with E-state index >= 15 is 0 Å². The molecule has 3 rings (SSSR count). The van der Waals surface area contributed by atoms with Crippen LogP contribution in [0.3, 0.4) is 0 Å². The lowest BCUT2D eigenvalue weighted by Gasteiger charge is -2.32. The van der Waals surface area contributed by atoms with E-state index in [-0.39, 0.29) is 19.0 Å². The first-order chi connectivity index (χ1) is 9.63. The first-order valence-electron chi connectivity index (χ1n) is 7.34. The van der Waals surface area contributed by atoms with Gasteiger partial charge in [0.15, 0.2) is 0 Å². The van der Waals surface area contributed by atoms with E-state index in [0.717, 1.165) is 31.2 Å². The van der Waals surface area contributed by atoms with Crippen LogP contribution < -0.4 is 0 Å². The molecule has 2 unspecified atom stereocenters. The second kappa shape index (κ2) is 5.19. The molecule has 1 amide bonds. The van der Waals surface area contributed by atoms with Crippen molar-refractivity contribution >= 4 is 5.91 Å². The summed E-state index contributed by atoms with van der Waals surface area (Å²) in [4.78, 5) is 14.6. The molecule has 108 valence electrons. The highest BCUT2D eigenvalue weighted by Crippen LogP contribution is 2.43. The van der Waals surface area contributed by atoms with Gasteiger partial charge in [0.1, 0.15) is 0 Å². The second-order valence-corrected chi connectivity index (χ2v) is 6.00. The molecule has 2 aliphatic rings. The molecule has 2 N–H and O–H groups in total. The van der Waals surface area contributed by atoms with Gasteiger partial charge in [-0.05, 0) is 18.4 Å². The third-order valence-corrected chi connectivity index (χ3v) is 4.74. The predicted octanol–water partition coefficient (Wildman–Crippen LogP) is 1.06. The van der Waals surface area contributed by atoms with Gasteiger partial charge in [-0.1, -0.05) is 43.2 Å². The van der Waals surface area contributed by atoms with Crippen LogP contribution in [0.4, 0.5) is 0 Å².